The van der Waals surface area contributed by atoms with Gasteiger partial charge in [0.15, 0.2) is 18.1 Å². The van der Waals surface area contributed by atoms with E-state index < -0.39 is 0 Å². The summed E-state index contributed by atoms with van der Waals surface area (Å²) in [5.41, 5.74) is 5.15. The third-order valence-electron chi connectivity index (χ3n) is 4.83. The molecule has 6 nitrogen and oxygen atoms in total. The summed E-state index contributed by atoms with van der Waals surface area (Å²) in [4.78, 5) is 12.1. The topological polar surface area (TPSA) is 69.2 Å². The summed E-state index contributed by atoms with van der Waals surface area (Å²) in [6, 6.07) is 20.6. The van der Waals surface area contributed by atoms with Gasteiger partial charge in [0.2, 0.25) is 0 Å². The Hall–Kier alpha value is -3.51. The molecule has 3 aromatic carbocycles. The van der Waals surface area contributed by atoms with Crippen molar-refractivity contribution in [2.75, 3.05) is 13.7 Å². The first kappa shape index (κ1) is 24.1. The smallest absolute Gasteiger partial charge is 0.277 e. The van der Waals surface area contributed by atoms with Gasteiger partial charge in [-0.3, -0.25) is 4.79 Å². The predicted molar refractivity (Wildman–Crippen MR) is 131 cm³/mol. The van der Waals surface area contributed by atoms with Gasteiger partial charge in [0.05, 0.1) is 13.3 Å². The first-order chi connectivity index (χ1) is 16.0. The molecule has 0 radical (unpaired) electrons. The SMILES string of the molecule is COc1cc(/C=N/NC(=O)COc2ccccc2C(C)C)ccc1OCc1ccccc1Cl. The highest BCUT2D eigenvalue weighted by molar-refractivity contribution is 6.31. The molecule has 0 aromatic heterocycles. The molecule has 0 fully saturated rings. The highest BCUT2D eigenvalue weighted by Crippen LogP contribution is 2.29. The van der Waals surface area contributed by atoms with E-state index in [0.717, 1.165) is 16.7 Å². The van der Waals surface area contributed by atoms with Crippen LogP contribution in [0.5, 0.6) is 17.2 Å². The van der Waals surface area contributed by atoms with Crippen LogP contribution in [0.4, 0.5) is 0 Å². The number of hydrogen-bond acceptors (Lipinski definition) is 5. The normalized spacial score (nSPS) is 10.9. The Morgan fingerprint density at radius 3 is 2.52 bits per heavy atom. The molecule has 0 unspecified atom stereocenters. The standard InChI is InChI=1S/C26H27ClN2O4/c1-18(2)21-9-5-7-11-23(21)33-17-26(30)29-28-15-19-12-13-24(25(14-19)31-3)32-16-20-8-4-6-10-22(20)27/h4-15,18H,16-17H2,1-3H3,(H,29,30)/b28-15+. The van der Waals surface area contributed by atoms with E-state index in [1.54, 1.807) is 19.2 Å². The lowest BCUT2D eigenvalue weighted by atomic mass is 10.0. The predicted octanol–water partition coefficient (Wildman–Crippen LogP) is 5.58. The third kappa shape index (κ3) is 6.99. The van der Waals surface area contributed by atoms with Crippen molar-refractivity contribution in [1.29, 1.82) is 0 Å². The number of halogens is 1. The second kappa shape index (κ2) is 11.9. The van der Waals surface area contributed by atoms with Gasteiger partial charge in [-0.15, -0.1) is 0 Å². The van der Waals surface area contributed by atoms with Crippen molar-refractivity contribution in [3.8, 4) is 17.2 Å². The number of methoxy groups -OCH3 is 1. The zero-order valence-electron chi connectivity index (χ0n) is 18.9. The van der Waals surface area contributed by atoms with Gasteiger partial charge in [0.1, 0.15) is 12.4 Å². The van der Waals surface area contributed by atoms with Crippen molar-refractivity contribution < 1.29 is 19.0 Å². The number of rotatable bonds is 10. The second-order valence-electron chi connectivity index (χ2n) is 7.56. The Balaban J connectivity index is 1.54. The molecule has 1 amide bonds. The summed E-state index contributed by atoms with van der Waals surface area (Å²) in [7, 11) is 1.56. The molecule has 0 spiro atoms. The molecule has 0 aliphatic rings. The van der Waals surface area contributed by atoms with Gasteiger partial charge in [-0.2, -0.15) is 5.10 Å². The van der Waals surface area contributed by atoms with Crippen LogP contribution in [0.1, 0.15) is 36.5 Å². The van der Waals surface area contributed by atoms with E-state index in [1.165, 1.54) is 6.21 Å². The van der Waals surface area contributed by atoms with Crippen LogP contribution in [0.3, 0.4) is 0 Å². The molecule has 7 heteroatoms. The molecule has 0 saturated heterocycles. The molecule has 1 N–H and O–H groups in total. The first-order valence-electron chi connectivity index (χ1n) is 10.6. The molecule has 3 rings (SSSR count). The summed E-state index contributed by atoms with van der Waals surface area (Å²) < 4.78 is 16.9. The van der Waals surface area contributed by atoms with Gasteiger partial charge in [-0.1, -0.05) is 61.8 Å². The number of benzene rings is 3. The fraction of sp³-hybridized carbons (Fsp3) is 0.231. The van der Waals surface area contributed by atoms with Crippen molar-refractivity contribution in [1.82, 2.24) is 5.43 Å². The van der Waals surface area contributed by atoms with Crippen LogP contribution in [0.25, 0.3) is 0 Å². The summed E-state index contributed by atoms with van der Waals surface area (Å²) in [5, 5.41) is 4.65. The number of ether oxygens (including phenoxy) is 3. The summed E-state index contributed by atoms with van der Waals surface area (Å²) >= 11 is 6.18. The van der Waals surface area contributed by atoms with Gasteiger partial charge in [-0.25, -0.2) is 5.43 Å². The minimum atomic E-state index is -0.350. The van der Waals surface area contributed by atoms with Crippen molar-refractivity contribution in [2.45, 2.75) is 26.4 Å². The lowest BCUT2D eigenvalue weighted by molar-refractivity contribution is -0.123. The van der Waals surface area contributed by atoms with Crippen molar-refractivity contribution >= 4 is 23.7 Å². The molecule has 0 atom stereocenters. The van der Waals surface area contributed by atoms with E-state index in [1.807, 2.05) is 54.6 Å². The maximum Gasteiger partial charge on any atom is 0.277 e. The van der Waals surface area contributed by atoms with Crippen LogP contribution in [0, 0.1) is 0 Å². The zero-order chi connectivity index (χ0) is 23.6. The lowest BCUT2D eigenvalue weighted by Gasteiger charge is -2.13. The van der Waals surface area contributed by atoms with E-state index >= 15 is 0 Å². The number of hydrogen-bond donors (Lipinski definition) is 1. The van der Waals surface area contributed by atoms with Crippen molar-refractivity contribution in [3.63, 3.8) is 0 Å². The van der Waals surface area contributed by atoms with Crippen LogP contribution in [0.2, 0.25) is 5.02 Å². The molecule has 0 aliphatic heterocycles. The average Bonchev–Trinajstić information content (AvgIpc) is 2.82. The number of para-hydroxylation sites is 1. The Morgan fingerprint density at radius 1 is 1.00 bits per heavy atom. The van der Waals surface area contributed by atoms with Crippen molar-refractivity contribution in [2.24, 2.45) is 5.10 Å². The average molecular weight is 467 g/mol. The Bertz CT molecular complexity index is 1110. The summed E-state index contributed by atoms with van der Waals surface area (Å²) in [5.74, 6) is 1.77. The van der Waals surface area contributed by atoms with Crippen LogP contribution >= 0.6 is 11.6 Å². The Kier molecular flexibility index (Phi) is 8.72. The third-order valence-corrected chi connectivity index (χ3v) is 5.20. The van der Waals surface area contributed by atoms with Gasteiger partial charge in [0.25, 0.3) is 5.91 Å². The van der Waals surface area contributed by atoms with E-state index in [9.17, 15) is 4.79 Å². The fourth-order valence-corrected chi connectivity index (χ4v) is 3.29. The number of nitrogens with zero attached hydrogens (tertiary/aromatic N) is 1. The number of nitrogens with one attached hydrogen (secondary N) is 1. The highest BCUT2D eigenvalue weighted by atomic mass is 35.5. The molecule has 0 bridgehead atoms. The summed E-state index contributed by atoms with van der Waals surface area (Å²) in [6.07, 6.45) is 1.53. The van der Waals surface area contributed by atoms with Crippen LogP contribution in [0.15, 0.2) is 71.8 Å². The molecule has 3 aromatic rings. The van der Waals surface area contributed by atoms with Gasteiger partial charge < -0.3 is 14.2 Å². The summed E-state index contributed by atoms with van der Waals surface area (Å²) in [6.45, 7) is 4.35. The van der Waals surface area contributed by atoms with Gasteiger partial charge in [-0.05, 0) is 47.4 Å². The highest BCUT2D eigenvalue weighted by Gasteiger charge is 2.09. The van der Waals surface area contributed by atoms with Gasteiger partial charge >= 0.3 is 0 Å². The number of carbonyl (C=O) groups is 1. The zero-order valence-corrected chi connectivity index (χ0v) is 19.6. The molecule has 0 heterocycles. The van der Waals surface area contributed by atoms with Crippen LogP contribution in [-0.2, 0) is 11.4 Å². The molecular formula is C26H27ClN2O4. The van der Waals surface area contributed by atoms with Gasteiger partial charge in [0, 0.05) is 10.6 Å². The second-order valence-corrected chi connectivity index (χ2v) is 7.97. The number of amides is 1. The maximum atomic E-state index is 12.1. The number of carbonyl (C=O) groups excluding carboxylic acids is 1. The Labute approximate surface area is 199 Å². The number of hydrazone groups is 1. The first-order valence-corrected chi connectivity index (χ1v) is 10.9. The van der Waals surface area contributed by atoms with E-state index in [0.29, 0.717) is 34.8 Å². The Morgan fingerprint density at radius 2 is 1.76 bits per heavy atom. The molecular weight excluding hydrogens is 440 g/mol. The molecule has 172 valence electrons. The minimum Gasteiger partial charge on any atom is -0.493 e. The van der Waals surface area contributed by atoms with E-state index in [2.05, 4.69) is 24.4 Å². The van der Waals surface area contributed by atoms with Crippen molar-refractivity contribution in [3.05, 3.63) is 88.4 Å². The molecule has 33 heavy (non-hydrogen) atoms. The molecule has 0 aliphatic carbocycles. The van der Waals surface area contributed by atoms with E-state index in [4.69, 9.17) is 25.8 Å². The largest absolute Gasteiger partial charge is 0.493 e. The maximum absolute atomic E-state index is 12.1. The molecule has 0 saturated carbocycles. The lowest BCUT2D eigenvalue weighted by Crippen LogP contribution is -2.24. The van der Waals surface area contributed by atoms with Crippen LogP contribution in [-0.4, -0.2) is 25.8 Å². The van der Waals surface area contributed by atoms with E-state index in [-0.39, 0.29) is 12.5 Å². The fourth-order valence-electron chi connectivity index (χ4n) is 3.10. The quantitative estimate of drug-likeness (QED) is 0.313. The van der Waals surface area contributed by atoms with Crippen LogP contribution < -0.4 is 19.6 Å². The minimum absolute atomic E-state index is 0.126. The monoisotopic (exact) mass is 466 g/mol.